The summed E-state index contributed by atoms with van der Waals surface area (Å²) in [4.78, 5) is 22.8. The predicted molar refractivity (Wildman–Crippen MR) is 131 cm³/mol. The molecule has 0 heterocycles. The summed E-state index contributed by atoms with van der Waals surface area (Å²) in [6, 6.07) is -0.771. The number of hydrogen-bond acceptors (Lipinski definition) is 7. The van der Waals surface area contributed by atoms with Gasteiger partial charge in [-0.1, -0.05) is 55.8 Å². The van der Waals surface area contributed by atoms with Gasteiger partial charge in [0, 0.05) is 23.8 Å². The molecule has 0 aromatic rings. The Balaban J connectivity index is 4.69. The van der Waals surface area contributed by atoms with Crippen LogP contribution in [0.15, 0.2) is 24.3 Å². The molecule has 0 rings (SSSR count). The number of carbonyl (C=O) groups excluding carboxylic acids is 2. The van der Waals surface area contributed by atoms with Crippen molar-refractivity contribution in [1.82, 2.24) is 0 Å². The number of rotatable bonds is 14. The van der Waals surface area contributed by atoms with Crippen molar-refractivity contribution in [2.45, 2.75) is 75.7 Å². The van der Waals surface area contributed by atoms with E-state index in [2.05, 4.69) is 40.1 Å². The Morgan fingerprint density at radius 3 is 2.56 bits per heavy atom. The summed E-state index contributed by atoms with van der Waals surface area (Å²) < 4.78 is 9.26. The minimum atomic E-state index is -0.771. The van der Waals surface area contributed by atoms with Gasteiger partial charge in [0.15, 0.2) is 0 Å². The molecule has 0 spiro atoms. The molecule has 32 heavy (non-hydrogen) atoms. The van der Waals surface area contributed by atoms with E-state index in [0.717, 1.165) is 12.8 Å². The number of unbranched alkanes of at least 4 members (excludes halogenated alkanes) is 3. The zero-order chi connectivity index (χ0) is 24.0. The minimum Gasteiger partial charge on any atom is -0.469 e. The number of carbonyl (C=O) groups is 2. The molecule has 0 amide bonds. The van der Waals surface area contributed by atoms with Gasteiger partial charge in [-0.25, -0.2) is 0 Å². The molecule has 2 unspecified atom stereocenters. The van der Waals surface area contributed by atoms with Crippen molar-refractivity contribution in [3.8, 4) is 23.7 Å². The van der Waals surface area contributed by atoms with Crippen LogP contribution in [0.1, 0.15) is 58.3 Å². The van der Waals surface area contributed by atoms with Crippen LogP contribution >= 0.6 is 11.8 Å². The number of ether oxygens (including phenoxy) is 2. The summed E-state index contributed by atoms with van der Waals surface area (Å²) in [5, 5.41) is 10.2. The van der Waals surface area contributed by atoms with Crippen LogP contribution in [0, 0.1) is 23.7 Å². The van der Waals surface area contributed by atoms with Crippen LogP contribution < -0.4 is 5.73 Å². The number of nitrogens with two attached hydrogens (primary N) is 1. The molecular formula is C25H37NO5S. The van der Waals surface area contributed by atoms with Gasteiger partial charge < -0.3 is 20.3 Å². The third kappa shape index (κ3) is 16.5. The molecular weight excluding hydrogens is 426 g/mol. The quantitative estimate of drug-likeness (QED) is 0.176. The average molecular weight is 464 g/mol. The maximum Gasteiger partial charge on any atom is 0.323 e. The third-order valence-electron chi connectivity index (χ3n) is 4.36. The highest BCUT2D eigenvalue weighted by atomic mass is 32.2. The highest BCUT2D eigenvalue weighted by Gasteiger charge is 2.21. The largest absolute Gasteiger partial charge is 0.469 e. The lowest BCUT2D eigenvalue weighted by Crippen LogP contribution is -2.35. The standard InChI is InChI=1S/C25H37NO5S/c1-4-5-6-7-8-9-10-11-12-13-14-15-18-23(32-20-21(26)25(29)31-3)22(27)17-16-19-24(28)30-2/h13-15,18,21-23,27H,4-7,10,16-17,19-20,26H2,1-3H3/b14-13+,18-15+/t21-,22?,23?/m0/s1. The lowest BCUT2D eigenvalue weighted by atomic mass is 10.1. The molecule has 7 heteroatoms. The van der Waals surface area contributed by atoms with Crippen molar-refractivity contribution in [2.75, 3.05) is 20.0 Å². The summed E-state index contributed by atoms with van der Waals surface area (Å²) in [5.41, 5.74) is 5.80. The molecule has 0 aliphatic rings. The van der Waals surface area contributed by atoms with Crippen LogP contribution in [0.2, 0.25) is 0 Å². The average Bonchev–Trinajstić information content (AvgIpc) is 2.80. The molecule has 0 aromatic carbocycles. The maximum absolute atomic E-state index is 11.5. The SMILES string of the molecule is CCCCCC#CCC#C/C=C/C=C/C(SC[C@H](N)C(=O)OC)C(O)CCCC(=O)OC. The van der Waals surface area contributed by atoms with E-state index >= 15 is 0 Å². The fourth-order valence-electron chi connectivity index (χ4n) is 2.50. The van der Waals surface area contributed by atoms with E-state index in [1.54, 1.807) is 18.2 Å². The number of esters is 2. The summed E-state index contributed by atoms with van der Waals surface area (Å²) in [6.07, 6.45) is 12.6. The van der Waals surface area contributed by atoms with E-state index in [0.29, 0.717) is 25.0 Å². The molecule has 0 saturated carbocycles. The van der Waals surface area contributed by atoms with Crippen molar-refractivity contribution < 1.29 is 24.2 Å². The van der Waals surface area contributed by atoms with E-state index in [-0.39, 0.29) is 17.6 Å². The second-order valence-electron chi connectivity index (χ2n) is 7.02. The number of thioether (sulfide) groups is 1. The fraction of sp³-hybridized carbons (Fsp3) is 0.600. The first-order valence-corrected chi connectivity index (χ1v) is 12.0. The van der Waals surface area contributed by atoms with Gasteiger partial charge in [0.25, 0.3) is 0 Å². The number of aliphatic hydroxyl groups is 1. The first-order valence-electron chi connectivity index (χ1n) is 10.9. The number of aliphatic hydroxyl groups excluding tert-OH is 1. The van der Waals surface area contributed by atoms with E-state index in [4.69, 9.17) is 5.73 Å². The monoisotopic (exact) mass is 463 g/mol. The molecule has 0 aliphatic heterocycles. The van der Waals surface area contributed by atoms with Crippen molar-refractivity contribution in [3.05, 3.63) is 24.3 Å². The lowest BCUT2D eigenvalue weighted by molar-refractivity contribution is -0.142. The van der Waals surface area contributed by atoms with Crippen molar-refractivity contribution in [3.63, 3.8) is 0 Å². The molecule has 6 nitrogen and oxygen atoms in total. The van der Waals surface area contributed by atoms with Crippen LogP contribution in [-0.4, -0.2) is 54.4 Å². The maximum atomic E-state index is 11.5. The molecule has 0 radical (unpaired) electrons. The van der Waals surface area contributed by atoms with Gasteiger partial charge in [-0.05, 0) is 25.3 Å². The molecule has 3 atom stereocenters. The van der Waals surface area contributed by atoms with Crippen molar-refractivity contribution >= 4 is 23.7 Å². The Morgan fingerprint density at radius 2 is 1.88 bits per heavy atom. The van der Waals surface area contributed by atoms with E-state index in [1.165, 1.54) is 38.8 Å². The van der Waals surface area contributed by atoms with Gasteiger partial charge in [0.1, 0.15) is 6.04 Å². The molecule has 178 valence electrons. The van der Waals surface area contributed by atoms with Gasteiger partial charge in [-0.15, -0.1) is 17.7 Å². The Morgan fingerprint density at radius 1 is 1.09 bits per heavy atom. The summed E-state index contributed by atoms with van der Waals surface area (Å²) in [5.74, 6) is 11.6. The Hall–Kier alpha value is -2.19. The fourth-order valence-corrected chi connectivity index (χ4v) is 3.62. The van der Waals surface area contributed by atoms with E-state index in [9.17, 15) is 14.7 Å². The van der Waals surface area contributed by atoms with Crippen molar-refractivity contribution in [2.24, 2.45) is 5.73 Å². The normalized spacial score (nSPS) is 13.5. The van der Waals surface area contributed by atoms with Gasteiger partial charge in [0.2, 0.25) is 0 Å². The van der Waals surface area contributed by atoms with Crippen LogP contribution in [0.25, 0.3) is 0 Å². The Bertz CT molecular complexity index is 711. The molecule has 3 N–H and O–H groups in total. The van der Waals surface area contributed by atoms with E-state index in [1.807, 2.05) is 6.08 Å². The summed E-state index contributed by atoms with van der Waals surface area (Å²) in [6.45, 7) is 2.17. The molecule has 0 saturated heterocycles. The first-order chi connectivity index (χ1) is 15.5. The second-order valence-corrected chi connectivity index (χ2v) is 8.23. The number of hydrogen-bond donors (Lipinski definition) is 2. The summed E-state index contributed by atoms with van der Waals surface area (Å²) in [7, 11) is 2.62. The van der Waals surface area contributed by atoms with Gasteiger partial charge >= 0.3 is 11.9 Å². The predicted octanol–water partition coefficient (Wildman–Crippen LogP) is 3.38. The van der Waals surface area contributed by atoms with Crippen LogP contribution in [0.5, 0.6) is 0 Å². The first kappa shape index (κ1) is 29.8. The third-order valence-corrected chi connectivity index (χ3v) is 5.77. The highest BCUT2D eigenvalue weighted by Crippen LogP contribution is 2.21. The van der Waals surface area contributed by atoms with E-state index < -0.39 is 18.1 Å². The number of allylic oxidation sites excluding steroid dienone is 3. The zero-order valence-electron chi connectivity index (χ0n) is 19.5. The lowest BCUT2D eigenvalue weighted by Gasteiger charge is -2.20. The van der Waals surface area contributed by atoms with Gasteiger partial charge in [-0.2, -0.15) is 0 Å². The topological polar surface area (TPSA) is 98.9 Å². The van der Waals surface area contributed by atoms with Gasteiger partial charge in [-0.3, -0.25) is 9.59 Å². The van der Waals surface area contributed by atoms with Gasteiger partial charge in [0.05, 0.1) is 26.7 Å². The smallest absolute Gasteiger partial charge is 0.323 e. The molecule has 0 aliphatic carbocycles. The highest BCUT2D eigenvalue weighted by molar-refractivity contribution is 8.00. The minimum absolute atomic E-state index is 0.243. The van der Waals surface area contributed by atoms with Crippen LogP contribution in [0.4, 0.5) is 0 Å². The van der Waals surface area contributed by atoms with Crippen LogP contribution in [-0.2, 0) is 19.1 Å². The summed E-state index contributed by atoms with van der Waals surface area (Å²) >= 11 is 1.36. The molecule has 0 fully saturated rings. The second kappa shape index (κ2) is 20.7. The Labute approximate surface area is 197 Å². The molecule has 0 aromatic heterocycles. The zero-order valence-corrected chi connectivity index (χ0v) is 20.3. The van der Waals surface area contributed by atoms with Crippen LogP contribution in [0.3, 0.4) is 0 Å². The van der Waals surface area contributed by atoms with Crippen molar-refractivity contribution in [1.29, 1.82) is 0 Å². The number of methoxy groups -OCH3 is 2. The molecule has 0 bridgehead atoms. The Kier molecular flexibility index (Phi) is 19.3.